The van der Waals surface area contributed by atoms with Crippen molar-refractivity contribution < 1.29 is 14.4 Å². The average molecular weight is 453 g/mol. The summed E-state index contributed by atoms with van der Waals surface area (Å²) < 4.78 is 0. The molecule has 2 unspecified atom stereocenters. The van der Waals surface area contributed by atoms with Gasteiger partial charge in [-0.2, -0.15) is 0 Å². The number of halogens is 1. The fourth-order valence-corrected chi connectivity index (χ4v) is 5.52. The van der Waals surface area contributed by atoms with E-state index in [1.807, 2.05) is 44.2 Å². The Labute approximate surface area is 194 Å². The molecule has 2 saturated carbocycles. The van der Waals surface area contributed by atoms with Crippen LogP contribution in [0.15, 0.2) is 47.6 Å². The lowest BCUT2D eigenvalue weighted by Gasteiger charge is -2.39. The van der Waals surface area contributed by atoms with Gasteiger partial charge in [0.1, 0.15) is 0 Å². The molecule has 5 nitrogen and oxygen atoms in total. The second-order valence-corrected chi connectivity index (χ2v) is 10.3. The fourth-order valence-electron chi connectivity index (χ4n) is 5.35. The van der Waals surface area contributed by atoms with Crippen molar-refractivity contribution in [3.05, 3.63) is 64.2 Å². The number of aryl methyl sites for hydroxylation is 1. The smallest absolute Gasteiger partial charge is 0.325 e. The first-order valence-electron chi connectivity index (χ1n) is 10.9. The number of benzene rings is 2. The molecule has 2 atom stereocenters. The third-order valence-corrected chi connectivity index (χ3v) is 8.62. The molecular formula is C26H29ClN2O3. The zero-order chi connectivity index (χ0) is 23.3. The second-order valence-electron chi connectivity index (χ2n) is 9.87. The molecule has 1 amide bonds. The maximum absolute atomic E-state index is 13.6. The van der Waals surface area contributed by atoms with Crippen LogP contribution in [0.3, 0.4) is 0 Å². The van der Waals surface area contributed by atoms with Gasteiger partial charge < -0.3 is 10.2 Å². The number of nitrogens with zero attached hydrogens (tertiary/aromatic N) is 1. The van der Waals surface area contributed by atoms with E-state index in [0.29, 0.717) is 17.0 Å². The highest BCUT2D eigenvalue weighted by Crippen LogP contribution is 2.71. The monoisotopic (exact) mass is 452 g/mol. The van der Waals surface area contributed by atoms with Crippen LogP contribution in [0, 0.1) is 30.1 Å². The number of carbonyl (C=O) groups is 2. The van der Waals surface area contributed by atoms with Crippen molar-refractivity contribution in [1.29, 1.82) is 0 Å². The van der Waals surface area contributed by atoms with Crippen LogP contribution in [-0.2, 0) is 9.63 Å². The van der Waals surface area contributed by atoms with Crippen LogP contribution in [0.25, 0.3) is 0 Å². The van der Waals surface area contributed by atoms with Crippen molar-refractivity contribution in [2.75, 3.05) is 5.32 Å². The number of oxime groups is 1. The zero-order valence-corrected chi connectivity index (χ0v) is 20.0. The fraction of sp³-hybridized carbons (Fsp3) is 0.423. The molecule has 2 aromatic rings. The Kier molecular flexibility index (Phi) is 5.44. The number of hydrogen-bond donors (Lipinski definition) is 1. The highest BCUT2D eigenvalue weighted by molar-refractivity contribution is 6.31. The Balaban J connectivity index is 1.60. The van der Waals surface area contributed by atoms with Gasteiger partial charge in [-0.15, -0.1) is 0 Å². The molecular weight excluding hydrogens is 424 g/mol. The summed E-state index contributed by atoms with van der Waals surface area (Å²) in [5, 5.41) is 8.04. The van der Waals surface area contributed by atoms with Gasteiger partial charge in [-0.1, -0.05) is 61.3 Å². The van der Waals surface area contributed by atoms with Gasteiger partial charge in [0.05, 0.1) is 16.7 Å². The van der Waals surface area contributed by atoms with E-state index in [1.54, 1.807) is 12.1 Å². The average Bonchev–Trinajstić information content (AvgIpc) is 3.06. The lowest BCUT2D eigenvalue weighted by molar-refractivity contribution is -0.130. The Hall–Kier alpha value is -2.66. The van der Waals surface area contributed by atoms with E-state index in [4.69, 9.17) is 16.4 Å². The number of amides is 1. The normalized spacial score (nSPS) is 26.9. The molecule has 0 radical (unpaired) electrons. The van der Waals surface area contributed by atoms with Crippen molar-refractivity contribution >= 4 is 34.9 Å². The third kappa shape index (κ3) is 3.25. The summed E-state index contributed by atoms with van der Waals surface area (Å²) >= 11 is 6.25. The molecule has 2 fully saturated rings. The van der Waals surface area contributed by atoms with E-state index in [0.717, 1.165) is 35.4 Å². The summed E-state index contributed by atoms with van der Waals surface area (Å²) in [6, 6.07) is 12.7. The first-order chi connectivity index (χ1) is 15.0. The van der Waals surface area contributed by atoms with E-state index in [1.165, 1.54) is 0 Å². The largest absolute Gasteiger partial charge is 0.365 e. The molecule has 2 aromatic carbocycles. The van der Waals surface area contributed by atoms with Gasteiger partial charge in [0, 0.05) is 22.5 Å². The minimum absolute atomic E-state index is 0.0355. The Bertz CT molecular complexity index is 1120. The van der Waals surface area contributed by atoms with Crippen LogP contribution in [0.5, 0.6) is 0 Å². The quantitative estimate of drug-likeness (QED) is 0.435. The maximum atomic E-state index is 13.6. The summed E-state index contributed by atoms with van der Waals surface area (Å²) in [5.74, 6) is -0.526. The van der Waals surface area contributed by atoms with Gasteiger partial charge in [0.25, 0.3) is 0 Å². The SMILES string of the molecule is Cc1ccc(C(=O)O/N=C2/CC3(C(=O)Nc4cccc(Cl)c4C)CCC2(C)C3(C)C)cc1. The molecule has 2 aliphatic rings. The van der Waals surface area contributed by atoms with Crippen molar-refractivity contribution in [2.24, 2.45) is 21.4 Å². The number of carbonyl (C=O) groups excluding carboxylic acids is 2. The van der Waals surface area contributed by atoms with Crippen molar-refractivity contribution in [2.45, 2.75) is 53.9 Å². The lowest BCUT2D eigenvalue weighted by Crippen LogP contribution is -2.43. The number of rotatable bonds is 4. The first kappa shape index (κ1) is 22.5. The molecule has 32 heavy (non-hydrogen) atoms. The van der Waals surface area contributed by atoms with Crippen molar-refractivity contribution in [3.8, 4) is 0 Å². The minimum atomic E-state index is -0.633. The van der Waals surface area contributed by atoms with Crippen LogP contribution >= 0.6 is 11.6 Å². The first-order valence-corrected chi connectivity index (χ1v) is 11.3. The van der Waals surface area contributed by atoms with Gasteiger partial charge in [-0.05, 0) is 61.9 Å². The summed E-state index contributed by atoms with van der Waals surface area (Å²) in [6.07, 6.45) is 2.03. The second kappa shape index (κ2) is 7.73. The lowest BCUT2D eigenvalue weighted by atomic mass is 9.64. The van der Waals surface area contributed by atoms with Gasteiger partial charge in [0.15, 0.2) is 0 Å². The van der Waals surface area contributed by atoms with Crippen LogP contribution in [0.4, 0.5) is 5.69 Å². The van der Waals surface area contributed by atoms with Crippen LogP contribution in [0.1, 0.15) is 61.5 Å². The molecule has 168 valence electrons. The highest BCUT2D eigenvalue weighted by Gasteiger charge is 2.71. The van der Waals surface area contributed by atoms with Gasteiger partial charge in [-0.25, -0.2) is 4.79 Å². The molecule has 0 saturated heterocycles. The molecule has 0 heterocycles. The molecule has 0 aliphatic heterocycles. The molecule has 0 aromatic heterocycles. The highest BCUT2D eigenvalue weighted by atomic mass is 35.5. The number of nitrogens with one attached hydrogen (secondary N) is 1. The van der Waals surface area contributed by atoms with Gasteiger partial charge in [-0.3, -0.25) is 4.79 Å². The van der Waals surface area contributed by atoms with E-state index < -0.39 is 11.4 Å². The zero-order valence-electron chi connectivity index (χ0n) is 19.2. The van der Waals surface area contributed by atoms with E-state index in [-0.39, 0.29) is 16.7 Å². The molecule has 4 rings (SSSR count). The van der Waals surface area contributed by atoms with Crippen LogP contribution in [-0.4, -0.2) is 17.6 Å². The Morgan fingerprint density at radius 1 is 1.03 bits per heavy atom. The van der Waals surface area contributed by atoms with Crippen LogP contribution in [0.2, 0.25) is 5.02 Å². The molecule has 2 bridgehead atoms. The summed E-state index contributed by atoms with van der Waals surface area (Å²) in [6.45, 7) is 10.2. The van der Waals surface area contributed by atoms with E-state index in [2.05, 4.69) is 31.2 Å². The third-order valence-electron chi connectivity index (χ3n) is 8.21. The molecule has 2 aliphatic carbocycles. The summed E-state index contributed by atoms with van der Waals surface area (Å²) in [4.78, 5) is 31.5. The predicted molar refractivity (Wildman–Crippen MR) is 127 cm³/mol. The minimum Gasteiger partial charge on any atom is -0.325 e. The maximum Gasteiger partial charge on any atom is 0.365 e. The van der Waals surface area contributed by atoms with Crippen LogP contribution < -0.4 is 5.32 Å². The Morgan fingerprint density at radius 2 is 1.72 bits per heavy atom. The number of fused-ring (bicyclic) bond motifs is 2. The molecule has 0 spiro atoms. The molecule has 6 heteroatoms. The molecule has 1 N–H and O–H groups in total. The topological polar surface area (TPSA) is 67.8 Å². The van der Waals surface area contributed by atoms with E-state index in [9.17, 15) is 9.59 Å². The Morgan fingerprint density at radius 3 is 2.41 bits per heavy atom. The van der Waals surface area contributed by atoms with Crippen molar-refractivity contribution in [1.82, 2.24) is 0 Å². The summed E-state index contributed by atoms with van der Waals surface area (Å²) in [7, 11) is 0. The van der Waals surface area contributed by atoms with E-state index >= 15 is 0 Å². The predicted octanol–water partition coefficient (Wildman–Crippen LogP) is 6.32. The summed E-state index contributed by atoms with van der Waals surface area (Å²) in [5.41, 5.74) is 2.54. The standard InChI is InChI=1S/C26H29ClN2O3/c1-16-9-11-18(12-10-16)22(30)32-29-21-15-26(14-13-25(21,5)24(26,3)4)23(31)28-20-8-6-7-19(27)17(20)2/h6-12H,13-15H2,1-5H3,(H,28,31)/b29-21-. The van der Waals surface area contributed by atoms with Gasteiger partial charge >= 0.3 is 5.97 Å². The number of hydrogen-bond acceptors (Lipinski definition) is 4. The van der Waals surface area contributed by atoms with Crippen molar-refractivity contribution in [3.63, 3.8) is 0 Å². The van der Waals surface area contributed by atoms with Gasteiger partial charge in [0.2, 0.25) is 5.91 Å². The number of anilines is 1.